The van der Waals surface area contributed by atoms with Gasteiger partial charge in [0.2, 0.25) is 0 Å². The minimum Gasteiger partial charge on any atom is -0.465 e. The number of methoxy groups -OCH3 is 1. The van der Waals surface area contributed by atoms with Crippen LogP contribution < -0.4 is 5.32 Å². The third kappa shape index (κ3) is 2.92. The zero-order valence-electron chi connectivity index (χ0n) is 11.8. The van der Waals surface area contributed by atoms with E-state index in [1.54, 1.807) is 12.1 Å². The highest BCUT2D eigenvalue weighted by Gasteiger charge is 2.17. The summed E-state index contributed by atoms with van der Waals surface area (Å²) in [6.45, 7) is 2.01. The molecule has 21 heavy (non-hydrogen) atoms. The van der Waals surface area contributed by atoms with Crippen LogP contribution in [0.3, 0.4) is 0 Å². The van der Waals surface area contributed by atoms with Crippen LogP contribution >= 0.6 is 0 Å². The number of carbonyl (C=O) groups excluding carboxylic acids is 1. The molecule has 0 saturated carbocycles. The number of nitrogens with zero attached hydrogens (tertiary/aromatic N) is 4. The molecule has 1 aliphatic rings. The SMILES string of the molecule is COC(=O)c1ccc(-c2cn(C3CCNCC3)nn2)nc1. The number of hydrogen-bond acceptors (Lipinski definition) is 6. The Balaban J connectivity index is 1.77. The number of carbonyl (C=O) groups is 1. The number of rotatable bonds is 3. The van der Waals surface area contributed by atoms with Gasteiger partial charge in [-0.3, -0.25) is 4.98 Å². The first-order valence-electron chi connectivity index (χ1n) is 6.95. The van der Waals surface area contributed by atoms with Crippen molar-refractivity contribution in [2.45, 2.75) is 18.9 Å². The van der Waals surface area contributed by atoms with E-state index in [0.717, 1.165) is 25.9 Å². The highest BCUT2D eigenvalue weighted by atomic mass is 16.5. The van der Waals surface area contributed by atoms with Gasteiger partial charge in [0, 0.05) is 6.20 Å². The quantitative estimate of drug-likeness (QED) is 0.850. The van der Waals surface area contributed by atoms with Crippen molar-refractivity contribution in [2.75, 3.05) is 20.2 Å². The lowest BCUT2D eigenvalue weighted by Gasteiger charge is -2.22. The molecule has 0 atom stereocenters. The summed E-state index contributed by atoms with van der Waals surface area (Å²) in [5, 5.41) is 11.7. The zero-order chi connectivity index (χ0) is 14.7. The Morgan fingerprint density at radius 3 is 2.81 bits per heavy atom. The van der Waals surface area contributed by atoms with Crippen LogP contribution in [0.15, 0.2) is 24.5 Å². The molecular weight excluding hydrogens is 270 g/mol. The molecule has 0 amide bonds. The normalized spacial score (nSPS) is 15.9. The molecule has 2 aromatic heterocycles. The smallest absolute Gasteiger partial charge is 0.339 e. The molecule has 1 N–H and O–H groups in total. The third-order valence-corrected chi connectivity index (χ3v) is 3.64. The fourth-order valence-corrected chi connectivity index (χ4v) is 2.43. The molecular formula is C14H17N5O2. The number of esters is 1. The molecule has 7 nitrogen and oxygen atoms in total. The summed E-state index contributed by atoms with van der Waals surface area (Å²) in [6, 6.07) is 3.82. The first-order chi connectivity index (χ1) is 10.3. The van der Waals surface area contributed by atoms with Gasteiger partial charge < -0.3 is 10.1 Å². The van der Waals surface area contributed by atoms with Gasteiger partial charge in [-0.15, -0.1) is 5.10 Å². The van der Waals surface area contributed by atoms with E-state index in [-0.39, 0.29) is 0 Å². The molecule has 7 heteroatoms. The Kier molecular flexibility index (Phi) is 3.92. The van der Waals surface area contributed by atoms with E-state index in [2.05, 4.69) is 25.3 Å². The van der Waals surface area contributed by atoms with Crippen LogP contribution in [-0.4, -0.2) is 46.1 Å². The standard InChI is InChI=1S/C14H17N5O2/c1-21-14(20)10-2-3-12(16-8-10)13-9-19(18-17-13)11-4-6-15-7-5-11/h2-3,8-9,11,15H,4-7H2,1H3. The molecule has 0 aliphatic carbocycles. The average Bonchev–Trinajstić information content (AvgIpc) is 3.05. The monoisotopic (exact) mass is 287 g/mol. The molecule has 0 radical (unpaired) electrons. The number of aromatic nitrogens is 4. The van der Waals surface area contributed by atoms with Crippen LogP contribution in [0, 0.1) is 0 Å². The van der Waals surface area contributed by atoms with Crippen LogP contribution in [0.4, 0.5) is 0 Å². The largest absolute Gasteiger partial charge is 0.465 e. The topological polar surface area (TPSA) is 81.9 Å². The van der Waals surface area contributed by atoms with E-state index in [1.807, 2.05) is 10.9 Å². The van der Waals surface area contributed by atoms with Crippen molar-refractivity contribution in [3.8, 4) is 11.4 Å². The number of hydrogen-bond donors (Lipinski definition) is 1. The molecule has 0 spiro atoms. The zero-order valence-corrected chi connectivity index (χ0v) is 11.8. The lowest BCUT2D eigenvalue weighted by molar-refractivity contribution is 0.0600. The summed E-state index contributed by atoms with van der Waals surface area (Å²) >= 11 is 0. The van der Waals surface area contributed by atoms with Crippen molar-refractivity contribution in [1.29, 1.82) is 0 Å². The van der Waals surface area contributed by atoms with Gasteiger partial charge in [-0.05, 0) is 38.1 Å². The predicted octanol–water partition coefficient (Wildman–Crippen LogP) is 1.05. The highest BCUT2D eigenvalue weighted by molar-refractivity contribution is 5.89. The molecule has 0 bridgehead atoms. The Bertz CT molecular complexity index is 617. The van der Waals surface area contributed by atoms with Gasteiger partial charge in [-0.25, -0.2) is 9.48 Å². The van der Waals surface area contributed by atoms with E-state index in [1.165, 1.54) is 13.3 Å². The molecule has 1 aliphatic heterocycles. The summed E-state index contributed by atoms with van der Waals surface area (Å²) in [6.07, 6.45) is 5.51. The lowest BCUT2D eigenvalue weighted by Crippen LogP contribution is -2.29. The van der Waals surface area contributed by atoms with Gasteiger partial charge in [-0.1, -0.05) is 5.21 Å². The fraction of sp³-hybridized carbons (Fsp3) is 0.429. The van der Waals surface area contributed by atoms with Gasteiger partial charge >= 0.3 is 5.97 Å². The van der Waals surface area contributed by atoms with Crippen LogP contribution in [0.5, 0.6) is 0 Å². The summed E-state index contributed by atoms with van der Waals surface area (Å²) in [5.74, 6) is -0.396. The molecule has 3 heterocycles. The second-order valence-electron chi connectivity index (χ2n) is 4.99. The molecule has 1 saturated heterocycles. The molecule has 0 aromatic carbocycles. The van der Waals surface area contributed by atoms with Gasteiger partial charge in [0.1, 0.15) is 5.69 Å². The van der Waals surface area contributed by atoms with Gasteiger partial charge in [0.15, 0.2) is 0 Å². The first kappa shape index (κ1) is 13.7. The van der Waals surface area contributed by atoms with Crippen molar-refractivity contribution in [1.82, 2.24) is 25.3 Å². The maximum Gasteiger partial charge on any atom is 0.339 e. The summed E-state index contributed by atoms with van der Waals surface area (Å²) < 4.78 is 6.56. The summed E-state index contributed by atoms with van der Waals surface area (Å²) in [5.41, 5.74) is 1.83. The molecule has 2 aromatic rings. The third-order valence-electron chi connectivity index (χ3n) is 3.64. The predicted molar refractivity (Wildman–Crippen MR) is 75.7 cm³/mol. The summed E-state index contributed by atoms with van der Waals surface area (Å²) in [4.78, 5) is 15.6. The number of piperidine rings is 1. The van der Waals surface area contributed by atoms with Crippen molar-refractivity contribution in [3.63, 3.8) is 0 Å². The fourth-order valence-electron chi connectivity index (χ4n) is 2.43. The molecule has 3 rings (SSSR count). The van der Waals surface area contributed by atoms with Crippen LogP contribution in [0.25, 0.3) is 11.4 Å². The Morgan fingerprint density at radius 2 is 2.14 bits per heavy atom. The number of nitrogens with one attached hydrogen (secondary N) is 1. The van der Waals surface area contributed by atoms with E-state index in [9.17, 15) is 4.79 Å². The van der Waals surface area contributed by atoms with Crippen molar-refractivity contribution >= 4 is 5.97 Å². The minimum atomic E-state index is -0.396. The second kappa shape index (κ2) is 6.01. The maximum absolute atomic E-state index is 11.4. The lowest BCUT2D eigenvalue weighted by atomic mass is 10.1. The highest BCUT2D eigenvalue weighted by Crippen LogP contribution is 2.20. The second-order valence-corrected chi connectivity index (χ2v) is 4.99. The number of pyridine rings is 1. The van der Waals surface area contributed by atoms with Gasteiger partial charge in [-0.2, -0.15) is 0 Å². The molecule has 1 fully saturated rings. The van der Waals surface area contributed by atoms with Crippen molar-refractivity contribution < 1.29 is 9.53 Å². The van der Waals surface area contributed by atoms with Gasteiger partial charge in [0.05, 0.1) is 30.6 Å². The Hall–Kier alpha value is -2.28. The Morgan fingerprint density at radius 1 is 1.33 bits per heavy atom. The van der Waals surface area contributed by atoms with Crippen molar-refractivity contribution in [3.05, 3.63) is 30.1 Å². The van der Waals surface area contributed by atoms with E-state index < -0.39 is 5.97 Å². The molecule has 110 valence electrons. The average molecular weight is 287 g/mol. The first-order valence-corrected chi connectivity index (χ1v) is 6.95. The van der Waals surface area contributed by atoms with Crippen LogP contribution in [0.1, 0.15) is 29.2 Å². The summed E-state index contributed by atoms with van der Waals surface area (Å²) in [7, 11) is 1.35. The minimum absolute atomic E-state index is 0.391. The van der Waals surface area contributed by atoms with E-state index >= 15 is 0 Å². The van der Waals surface area contributed by atoms with Crippen LogP contribution in [-0.2, 0) is 4.74 Å². The van der Waals surface area contributed by atoms with Gasteiger partial charge in [0.25, 0.3) is 0 Å². The molecule has 0 unspecified atom stereocenters. The Labute approximate surface area is 122 Å². The van der Waals surface area contributed by atoms with E-state index in [4.69, 9.17) is 0 Å². The maximum atomic E-state index is 11.4. The van der Waals surface area contributed by atoms with Crippen LogP contribution in [0.2, 0.25) is 0 Å². The number of ether oxygens (including phenoxy) is 1. The van der Waals surface area contributed by atoms with Crippen molar-refractivity contribution in [2.24, 2.45) is 0 Å². The van der Waals surface area contributed by atoms with E-state index in [0.29, 0.717) is 23.0 Å².